The first-order valence-corrected chi connectivity index (χ1v) is 15.6. The molecule has 6 heteroatoms. The Morgan fingerprint density at radius 2 is 1.48 bits per heavy atom. The number of esters is 1. The third-order valence-corrected chi connectivity index (χ3v) is 9.63. The van der Waals surface area contributed by atoms with Gasteiger partial charge in [0.15, 0.2) is 0 Å². The van der Waals surface area contributed by atoms with Gasteiger partial charge in [0.05, 0.1) is 17.3 Å². The standard InChI is InChI=1S/C36H46N2O4/c1-5-37(6-2)25(3)28-12-14-30(15-13-28)35(40)42-33-20-16-29(17-21-33)34(39)26(4)38-31-18-19-32(38)24-36(41,23-31)22-27-10-8-7-9-11-27/h7-17,20-21,25-26,31-32,34,39,41H,5-6,18-19,22-24H2,1-4H3/t25?,26-,31?,32?,34-,36?/m0/s1. The molecule has 42 heavy (non-hydrogen) atoms. The molecule has 2 bridgehead atoms. The molecule has 0 aliphatic carbocycles. The number of hydrogen-bond donors (Lipinski definition) is 2. The molecular weight excluding hydrogens is 524 g/mol. The molecule has 2 N–H and O–H groups in total. The van der Waals surface area contributed by atoms with Crippen molar-refractivity contribution < 1.29 is 19.7 Å². The quantitative estimate of drug-likeness (QED) is 0.207. The molecule has 5 rings (SSSR count). The number of hydrogen-bond acceptors (Lipinski definition) is 6. The van der Waals surface area contributed by atoms with E-state index >= 15 is 0 Å². The molecule has 2 aliphatic rings. The maximum atomic E-state index is 12.8. The summed E-state index contributed by atoms with van der Waals surface area (Å²) in [5, 5.41) is 22.8. The van der Waals surface area contributed by atoms with Crippen molar-refractivity contribution >= 4 is 5.97 Å². The lowest BCUT2D eigenvalue weighted by Crippen LogP contribution is -2.55. The van der Waals surface area contributed by atoms with Crippen LogP contribution < -0.4 is 4.74 Å². The van der Waals surface area contributed by atoms with Crippen LogP contribution in [0.15, 0.2) is 78.9 Å². The summed E-state index contributed by atoms with van der Waals surface area (Å²) in [5.74, 6) is 0.0554. The number of piperidine rings is 1. The average Bonchev–Trinajstić information content (AvgIpc) is 3.29. The number of carbonyl (C=O) groups excluding carboxylic acids is 1. The zero-order chi connectivity index (χ0) is 29.9. The molecule has 2 saturated heterocycles. The van der Waals surface area contributed by atoms with E-state index in [4.69, 9.17) is 4.74 Å². The first-order valence-electron chi connectivity index (χ1n) is 15.6. The average molecular weight is 571 g/mol. The topological polar surface area (TPSA) is 73.2 Å². The Labute approximate surface area is 250 Å². The van der Waals surface area contributed by atoms with Crippen molar-refractivity contribution in [3.8, 4) is 5.75 Å². The van der Waals surface area contributed by atoms with Gasteiger partial charge in [0, 0.05) is 30.6 Å². The zero-order valence-electron chi connectivity index (χ0n) is 25.4. The second-order valence-electron chi connectivity index (χ2n) is 12.3. The fraction of sp³-hybridized carbons (Fsp3) is 0.472. The van der Waals surface area contributed by atoms with Crippen LogP contribution in [0.3, 0.4) is 0 Å². The summed E-state index contributed by atoms with van der Waals surface area (Å²) in [6.45, 7) is 10.5. The van der Waals surface area contributed by atoms with E-state index in [9.17, 15) is 15.0 Å². The Hall–Kier alpha value is -3.03. The highest BCUT2D eigenvalue weighted by atomic mass is 16.5. The highest BCUT2D eigenvalue weighted by Crippen LogP contribution is 2.45. The fourth-order valence-corrected chi connectivity index (χ4v) is 7.36. The van der Waals surface area contributed by atoms with Crippen molar-refractivity contribution in [3.63, 3.8) is 0 Å². The van der Waals surface area contributed by atoms with Gasteiger partial charge in [-0.25, -0.2) is 4.79 Å². The van der Waals surface area contributed by atoms with Crippen LogP contribution in [0, 0.1) is 0 Å². The molecule has 2 fully saturated rings. The Morgan fingerprint density at radius 3 is 2.05 bits per heavy atom. The van der Waals surface area contributed by atoms with Gasteiger partial charge in [-0.05, 0) is 93.6 Å². The van der Waals surface area contributed by atoms with Crippen LogP contribution >= 0.6 is 0 Å². The summed E-state index contributed by atoms with van der Waals surface area (Å²) in [6.07, 6.45) is 3.52. The minimum atomic E-state index is -0.705. The molecule has 0 radical (unpaired) electrons. The van der Waals surface area contributed by atoms with Crippen LogP contribution in [0.25, 0.3) is 0 Å². The van der Waals surface area contributed by atoms with Crippen LogP contribution in [0.5, 0.6) is 5.75 Å². The predicted octanol–water partition coefficient (Wildman–Crippen LogP) is 6.33. The number of ether oxygens (including phenoxy) is 1. The largest absolute Gasteiger partial charge is 0.423 e. The number of fused-ring (bicyclic) bond motifs is 2. The smallest absolute Gasteiger partial charge is 0.343 e. The Balaban J connectivity index is 1.18. The maximum Gasteiger partial charge on any atom is 0.343 e. The van der Waals surface area contributed by atoms with E-state index in [1.807, 2.05) is 54.6 Å². The van der Waals surface area contributed by atoms with Crippen LogP contribution in [-0.4, -0.2) is 62.8 Å². The first kappa shape index (κ1) is 30.4. The van der Waals surface area contributed by atoms with Crippen LogP contribution in [0.2, 0.25) is 0 Å². The second kappa shape index (κ2) is 13.1. The number of carbonyl (C=O) groups is 1. The molecule has 0 spiro atoms. The Bertz CT molecular complexity index is 1290. The number of nitrogens with zero attached hydrogens (tertiary/aromatic N) is 2. The summed E-state index contributed by atoms with van der Waals surface area (Å²) in [7, 11) is 0. The summed E-state index contributed by atoms with van der Waals surface area (Å²) >= 11 is 0. The van der Waals surface area contributed by atoms with Gasteiger partial charge < -0.3 is 14.9 Å². The van der Waals surface area contributed by atoms with Gasteiger partial charge in [0.1, 0.15) is 5.75 Å². The lowest BCUT2D eigenvalue weighted by Gasteiger charge is -2.47. The van der Waals surface area contributed by atoms with E-state index in [2.05, 4.69) is 49.6 Å². The third-order valence-electron chi connectivity index (χ3n) is 9.63. The van der Waals surface area contributed by atoms with Crippen LogP contribution in [-0.2, 0) is 6.42 Å². The van der Waals surface area contributed by atoms with Crippen molar-refractivity contribution in [2.24, 2.45) is 0 Å². The molecule has 5 atom stereocenters. The van der Waals surface area contributed by atoms with E-state index in [1.54, 1.807) is 12.1 Å². The monoisotopic (exact) mass is 570 g/mol. The lowest BCUT2D eigenvalue weighted by molar-refractivity contribution is -0.0798. The normalized spacial score (nSPS) is 24.4. The SMILES string of the molecule is CCN(CC)C(C)c1ccc(C(=O)Oc2ccc([C@@H](O)[C@H](C)N3C4CCC3CC(O)(Cc3ccccc3)C4)cc2)cc1. The van der Waals surface area contributed by atoms with Crippen molar-refractivity contribution in [3.05, 3.63) is 101 Å². The van der Waals surface area contributed by atoms with E-state index in [-0.39, 0.29) is 24.2 Å². The van der Waals surface area contributed by atoms with Crippen molar-refractivity contribution in [1.82, 2.24) is 9.80 Å². The van der Waals surface area contributed by atoms with E-state index < -0.39 is 17.7 Å². The molecule has 3 unspecified atom stereocenters. The van der Waals surface area contributed by atoms with Crippen molar-refractivity contribution in [1.29, 1.82) is 0 Å². The molecule has 3 aromatic rings. The minimum Gasteiger partial charge on any atom is -0.423 e. The third kappa shape index (κ3) is 6.63. The van der Waals surface area contributed by atoms with Gasteiger partial charge in [0.2, 0.25) is 0 Å². The lowest BCUT2D eigenvalue weighted by atomic mass is 9.80. The Kier molecular flexibility index (Phi) is 9.48. The van der Waals surface area contributed by atoms with Gasteiger partial charge >= 0.3 is 5.97 Å². The minimum absolute atomic E-state index is 0.0885. The predicted molar refractivity (Wildman–Crippen MR) is 167 cm³/mol. The Morgan fingerprint density at radius 1 is 0.905 bits per heavy atom. The second-order valence-corrected chi connectivity index (χ2v) is 12.3. The van der Waals surface area contributed by atoms with Gasteiger partial charge in [0.25, 0.3) is 0 Å². The molecular formula is C36H46N2O4. The van der Waals surface area contributed by atoms with E-state index in [1.165, 1.54) is 11.1 Å². The van der Waals surface area contributed by atoms with Crippen molar-refractivity contribution in [2.45, 2.75) is 95.7 Å². The van der Waals surface area contributed by atoms with Gasteiger partial charge in [-0.3, -0.25) is 9.80 Å². The molecule has 0 amide bonds. The van der Waals surface area contributed by atoms with Crippen LogP contribution in [0.4, 0.5) is 0 Å². The highest BCUT2D eigenvalue weighted by molar-refractivity contribution is 5.91. The molecule has 2 heterocycles. The van der Waals surface area contributed by atoms with Gasteiger partial charge in [-0.15, -0.1) is 0 Å². The summed E-state index contributed by atoms with van der Waals surface area (Å²) in [5.41, 5.74) is 2.94. The molecule has 2 aliphatic heterocycles. The zero-order valence-corrected chi connectivity index (χ0v) is 25.4. The number of aliphatic hydroxyl groups excluding tert-OH is 1. The molecule has 224 valence electrons. The molecule has 0 aromatic heterocycles. The van der Waals surface area contributed by atoms with E-state index in [0.29, 0.717) is 17.7 Å². The number of benzene rings is 3. The maximum absolute atomic E-state index is 12.8. The fourth-order valence-electron chi connectivity index (χ4n) is 7.36. The highest BCUT2D eigenvalue weighted by Gasteiger charge is 2.49. The molecule has 6 nitrogen and oxygen atoms in total. The molecule has 0 saturated carbocycles. The summed E-state index contributed by atoms with van der Waals surface area (Å²) in [6, 6.07) is 25.8. The molecule has 3 aromatic carbocycles. The summed E-state index contributed by atoms with van der Waals surface area (Å²) < 4.78 is 5.65. The van der Waals surface area contributed by atoms with Gasteiger partial charge in [-0.1, -0.05) is 68.4 Å². The first-order chi connectivity index (χ1) is 20.2. The van der Waals surface area contributed by atoms with Gasteiger partial charge in [-0.2, -0.15) is 0 Å². The van der Waals surface area contributed by atoms with E-state index in [0.717, 1.165) is 44.3 Å². The van der Waals surface area contributed by atoms with Crippen molar-refractivity contribution in [2.75, 3.05) is 13.1 Å². The number of rotatable bonds is 11. The number of aliphatic hydroxyl groups is 2. The summed E-state index contributed by atoms with van der Waals surface area (Å²) in [4.78, 5) is 17.6. The van der Waals surface area contributed by atoms with Crippen LogP contribution in [0.1, 0.15) is 92.6 Å².